The Labute approximate surface area is 155 Å². The molecule has 4 fully saturated rings. The largest absolute Gasteiger partial charge is 0.325 e. The van der Waals surface area contributed by atoms with Gasteiger partial charge in [-0.2, -0.15) is 0 Å². The Morgan fingerprint density at radius 1 is 1.15 bits per heavy atom. The van der Waals surface area contributed by atoms with Crippen molar-refractivity contribution in [2.45, 2.75) is 55.8 Å². The van der Waals surface area contributed by atoms with Crippen LogP contribution >= 0.6 is 0 Å². The molecule has 4 N–H and O–H groups in total. The van der Waals surface area contributed by atoms with Gasteiger partial charge in [0.15, 0.2) is 0 Å². The second-order valence-electron chi connectivity index (χ2n) is 8.31. The Hall–Kier alpha value is -2.58. The summed E-state index contributed by atoms with van der Waals surface area (Å²) in [6.45, 7) is 0.474. The second kappa shape index (κ2) is 5.24. The molecule has 0 spiro atoms. The summed E-state index contributed by atoms with van der Waals surface area (Å²) in [5.74, 6) is -1.91. The van der Waals surface area contributed by atoms with E-state index in [2.05, 4.69) is 10.6 Å². The number of hydrogen-bond donors (Lipinski definition) is 3. The highest BCUT2D eigenvalue weighted by Crippen LogP contribution is 2.58. The van der Waals surface area contributed by atoms with Crippen molar-refractivity contribution in [3.63, 3.8) is 0 Å². The van der Waals surface area contributed by atoms with Crippen LogP contribution in [0.2, 0.25) is 0 Å². The van der Waals surface area contributed by atoms with E-state index >= 15 is 0 Å². The van der Waals surface area contributed by atoms with Crippen LogP contribution in [-0.4, -0.2) is 45.6 Å². The summed E-state index contributed by atoms with van der Waals surface area (Å²) in [5, 5.41) is 5.70. The van der Waals surface area contributed by atoms with E-state index < -0.39 is 23.8 Å². The average molecular weight is 368 g/mol. The molecule has 3 saturated carbocycles. The Kier molecular flexibility index (Phi) is 3.22. The highest BCUT2D eigenvalue weighted by atomic mass is 16.2. The van der Waals surface area contributed by atoms with Gasteiger partial charge in [-0.25, -0.2) is 0 Å². The highest BCUT2D eigenvalue weighted by molar-refractivity contribution is 6.24. The first kappa shape index (κ1) is 16.6. The van der Waals surface area contributed by atoms with Crippen LogP contribution in [0.25, 0.3) is 0 Å². The molecule has 27 heavy (non-hydrogen) atoms. The maximum Gasteiger partial charge on any atom is 0.262 e. The zero-order valence-electron chi connectivity index (χ0n) is 14.7. The molecule has 3 aliphatic carbocycles. The molecule has 1 aromatic rings. The summed E-state index contributed by atoms with van der Waals surface area (Å²) in [7, 11) is 0. The first-order valence-corrected chi connectivity index (χ1v) is 9.18. The average Bonchev–Trinajstić information content (AvgIpc) is 2.82. The lowest BCUT2D eigenvalue weighted by molar-refractivity contribution is -0.136. The number of nitrogens with two attached hydrogens (primary N) is 1. The minimum absolute atomic E-state index is 0.0139. The molecule has 2 aliphatic heterocycles. The van der Waals surface area contributed by atoms with Crippen molar-refractivity contribution in [3.8, 4) is 0 Å². The first-order chi connectivity index (χ1) is 12.8. The Bertz CT molecular complexity index is 905. The van der Waals surface area contributed by atoms with Gasteiger partial charge in [0.25, 0.3) is 11.8 Å². The Morgan fingerprint density at radius 2 is 1.89 bits per heavy atom. The summed E-state index contributed by atoms with van der Waals surface area (Å²) in [6, 6.07) is 4.25. The number of amides is 4. The van der Waals surface area contributed by atoms with Crippen molar-refractivity contribution in [2.24, 2.45) is 5.73 Å². The van der Waals surface area contributed by atoms with Gasteiger partial charge >= 0.3 is 0 Å². The van der Waals surface area contributed by atoms with Crippen molar-refractivity contribution in [1.29, 1.82) is 0 Å². The molecule has 2 bridgehead atoms. The predicted molar refractivity (Wildman–Crippen MR) is 93.5 cm³/mol. The van der Waals surface area contributed by atoms with Gasteiger partial charge in [0.05, 0.1) is 11.1 Å². The first-order valence-electron chi connectivity index (χ1n) is 9.18. The van der Waals surface area contributed by atoms with E-state index in [4.69, 9.17) is 5.73 Å². The van der Waals surface area contributed by atoms with Gasteiger partial charge in [0, 0.05) is 24.0 Å². The van der Waals surface area contributed by atoms with Crippen molar-refractivity contribution in [2.75, 3.05) is 0 Å². The molecule has 1 atom stereocenters. The molecular weight excluding hydrogens is 348 g/mol. The third-order valence-electron chi connectivity index (χ3n) is 6.28. The maximum atomic E-state index is 13.0. The molecule has 1 aromatic carbocycles. The minimum Gasteiger partial charge on any atom is -0.325 e. The highest BCUT2D eigenvalue weighted by Gasteiger charge is 2.65. The van der Waals surface area contributed by atoms with Gasteiger partial charge in [-0.1, -0.05) is 12.1 Å². The molecule has 2 heterocycles. The van der Waals surface area contributed by atoms with Gasteiger partial charge in [-0.05, 0) is 37.3 Å². The molecule has 1 saturated heterocycles. The number of carbonyl (C=O) groups is 4. The molecule has 4 amide bonds. The van der Waals surface area contributed by atoms with E-state index in [0.717, 1.165) is 29.7 Å². The van der Waals surface area contributed by atoms with Gasteiger partial charge in [0.1, 0.15) is 6.04 Å². The predicted octanol–water partition coefficient (Wildman–Crippen LogP) is -0.189. The number of nitrogens with one attached hydrogen (secondary N) is 2. The number of rotatable bonds is 4. The SMILES string of the molecule is NC12CC(NCc3cccc4c3C(=O)N(C3CCC(=O)NC3=O)C4=O)(C1)C2. The third kappa shape index (κ3) is 2.30. The Balaban J connectivity index is 1.39. The van der Waals surface area contributed by atoms with E-state index in [9.17, 15) is 19.2 Å². The van der Waals surface area contributed by atoms with Crippen LogP contribution in [0.3, 0.4) is 0 Å². The molecule has 6 rings (SSSR count). The van der Waals surface area contributed by atoms with Crippen LogP contribution in [0.4, 0.5) is 0 Å². The standard InChI is InChI=1S/C19H20N4O4/c20-18-7-19(8-18,9-18)21-6-10-2-1-3-11-14(10)17(27)23(16(11)26)12-4-5-13(24)22-15(12)25/h1-3,12,21H,4-9,20H2,(H,22,24,25). The lowest BCUT2D eigenvalue weighted by Gasteiger charge is -2.69. The smallest absolute Gasteiger partial charge is 0.262 e. The minimum atomic E-state index is -0.939. The number of hydrogen-bond acceptors (Lipinski definition) is 6. The quantitative estimate of drug-likeness (QED) is 0.634. The van der Waals surface area contributed by atoms with Crippen molar-refractivity contribution >= 4 is 23.6 Å². The molecule has 0 aromatic heterocycles. The number of nitrogens with zero attached hydrogens (tertiary/aromatic N) is 1. The van der Waals surface area contributed by atoms with Gasteiger partial charge < -0.3 is 11.1 Å². The van der Waals surface area contributed by atoms with Crippen LogP contribution in [0.5, 0.6) is 0 Å². The van der Waals surface area contributed by atoms with Gasteiger partial charge in [-0.3, -0.25) is 29.4 Å². The summed E-state index contributed by atoms with van der Waals surface area (Å²) in [4.78, 5) is 50.4. The van der Waals surface area contributed by atoms with Crippen molar-refractivity contribution in [1.82, 2.24) is 15.5 Å². The molecule has 8 nitrogen and oxygen atoms in total. The zero-order valence-corrected chi connectivity index (χ0v) is 14.7. The lowest BCUT2D eigenvalue weighted by atomic mass is 9.44. The van der Waals surface area contributed by atoms with E-state index in [1.54, 1.807) is 12.1 Å². The fourth-order valence-electron chi connectivity index (χ4n) is 5.07. The van der Waals surface area contributed by atoms with Crippen LogP contribution in [-0.2, 0) is 16.1 Å². The van der Waals surface area contributed by atoms with E-state index in [-0.39, 0.29) is 29.8 Å². The van der Waals surface area contributed by atoms with Gasteiger partial charge in [0.2, 0.25) is 11.8 Å². The van der Waals surface area contributed by atoms with E-state index in [1.165, 1.54) is 0 Å². The van der Waals surface area contributed by atoms with Crippen molar-refractivity contribution < 1.29 is 19.2 Å². The fourth-order valence-corrected chi connectivity index (χ4v) is 5.07. The van der Waals surface area contributed by atoms with Crippen LogP contribution < -0.4 is 16.4 Å². The Morgan fingerprint density at radius 3 is 2.56 bits per heavy atom. The maximum absolute atomic E-state index is 13.0. The van der Waals surface area contributed by atoms with Crippen LogP contribution in [0.15, 0.2) is 18.2 Å². The molecular formula is C19H20N4O4. The summed E-state index contributed by atoms with van der Waals surface area (Å²) in [5.41, 5.74) is 7.56. The third-order valence-corrected chi connectivity index (χ3v) is 6.28. The lowest BCUT2D eigenvalue weighted by Crippen LogP contribution is -2.81. The number of benzene rings is 1. The summed E-state index contributed by atoms with van der Waals surface area (Å²) in [6.07, 6.45) is 3.08. The number of carbonyl (C=O) groups excluding carboxylic acids is 4. The summed E-state index contributed by atoms with van der Waals surface area (Å²) >= 11 is 0. The van der Waals surface area contributed by atoms with Crippen LogP contribution in [0.1, 0.15) is 58.4 Å². The molecule has 1 unspecified atom stereocenters. The number of piperidine rings is 1. The molecule has 8 heteroatoms. The second-order valence-corrected chi connectivity index (χ2v) is 8.31. The monoisotopic (exact) mass is 368 g/mol. The number of imide groups is 2. The molecule has 5 aliphatic rings. The van der Waals surface area contributed by atoms with Crippen LogP contribution in [0, 0.1) is 0 Å². The summed E-state index contributed by atoms with van der Waals surface area (Å²) < 4.78 is 0. The van der Waals surface area contributed by atoms with E-state index in [1.807, 2.05) is 6.07 Å². The normalized spacial score (nSPS) is 34.1. The fraction of sp³-hybridized carbons (Fsp3) is 0.474. The molecule has 0 radical (unpaired) electrons. The topological polar surface area (TPSA) is 122 Å². The van der Waals surface area contributed by atoms with E-state index in [0.29, 0.717) is 17.7 Å². The van der Waals surface area contributed by atoms with Gasteiger partial charge in [-0.15, -0.1) is 0 Å². The zero-order chi connectivity index (χ0) is 19.0. The van der Waals surface area contributed by atoms with Crippen molar-refractivity contribution in [3.05, 3.63) is 34.9 Å². The molecule has 140 valence electrons. The number of fused-ring (bicyclic) bond motifs is 1.